The van der Waals surface area contributed by atoms with Gasteiger partial charge in [-0.2, -0.15) is 0 Å². The summed E-state index contributed by atoms with van der Waals surface area (Å²) in [6.45, 7) is 11.4. The average molecular weight is 488 g/mol. The van der Waals surface area contributed by atoms with E-state index >= 15 is 0 Å². The minimum atomic E-state index is -0.0121. The highest BCUT2D eigenvalue weighted by Crippen LogP contribution is 2.30. The fraction of sp³-hybridized carbons (Fsp3) is 0.367. The molecule has 0 aromatic heterocycles. The molecule has 1 amide bonds. The number of carbonyl (C=O) groups is 1. The largest absolute Gasteiger partial charge is 0.508 e. The Labute approximate surface area is 214 Å². The Kier molecular flexibility index (Phi) is 8.49. The van der Waals surface area contributed by atoms with Crippen molar-refractivity contribution in [2.75, 3.05) is 37.6 Å². The van der Waals surface area contributed by atoms with Gasteiger partial charge in [0.25, 0.3) is 5.91 Å². The second kappa shape index (κ2) is 12.0. The summed E-state index contributed by atoms with van der Waals surface area (Å²) in [5.74, 6) is 1.10. The molecule has 3 aromatic carbocycles. The number of anilines is 1. The number of aromatic hydroxyl groups is 1. The van der Waals surface area contributed by atoms with E-state index in [-0.39, 0.29) is 17.8 Å². The molecule has 1 aliphatic heterocycles. The maximum atomic E-state index is 12.2. The minimum Gasteiger partial charge on any atom is -0.508 e. The van der Waals surface area contributed by atoms with Gasteiger partial charge in [-0.1, -0.05) is 19.1 Å². The van der Waals surface area contributed by atoms with Crippen molar-refractivity contribution >= 4 is 11.6 Å². The second-order valence-electron chi connectivity index (χ2n) is 9.65. The lowest BCUT2D eigenvalue weighted by atomic mass is 10.0. The molecule has 2 N–H and O–H groups in total. The average Bonchev–Trinajstić information content (AvgIpc) is 2.87. The topological polar surface area (TPSA) is 65.0 Å². The first-order chi connectivity index (χ1) is 17.4. The predicted octanol–water partition coefficient (Wildman–Crippen LogP) is 5.31. The summed E-state index contributed by atoms with van der Waals surface area (Å²) in [5, 5.41) is 12.9. The number of benzene rings is 3. The van der Waals surface area contributed by atoms with Gasteiger partial charge in [-0.05, 0) is 91.6 Å². The van der Waals surface area contributed by atoms with Gasteiger partial charge >= 0.3 is 0 Å². The van der Waals surface area contributed by atoms with Crippen molar-refractivity contribution in [3.63, 3.8) is 0 Å². The van der Waals surface area contributed by atoms with E-state index in [1.165, 1.54) is 5.56 Å². The summed E-state index contributed by atoms with van der Waals surface area (Å²) in [6.07, 6.45) is 1.02. The first-order valence-corrected chi connectivity index (χ1v) is 12.9. The van der Waals surface area contributed by atoms with E-state index in [0.29, 0.717) is 12.1 Å². The summed E-state index contributed by atoms with van der Waals surface area (Å²) in [7, 11) is 0. The maximum absolute atomic E-state index is 12.2. The number of nitrogens with zero attached hydrogens (tertiary/aromatic N) is 2. The van der Waals surface area contributed by atoms with Crippen LogP contribution >= 0.6 is 0 Å². The Morgan fingerprint density at radius 1 is 0.972 bits per heavy atom. The third kappa shape index (κ3) is 6.79. The van der Waals surface area contributed by atoms with Crippen LogP contribution in [0, 0.1) is 0 Å². The van der Waals surface area contributed by atoms with E-state index in [9.17, 15) is 9.90 Å². The molecular formula is C30H37N3O3. The van der Waals surface area contributed by atoms with E-state index in [0.717, 1.165) is 61.7 Å². The Hall–Kier alpha value is -3.51. The number of ether oxygens (including phenoxy) is 1. The van der Waals surface area contributed by atoms with Crippen LogP contribution in [-0.2, 0) is 6.54 Å². The van der Waals surface area contributed by atoms with Crippen molar-refractivity contribution in [1.29, 1.82) is 0 Å². The molecule has 1 heterocycles. The first-order valence-electron chi connectivity index (χ1n) is 12.9. The summed E-state index contributed by atoms with van der Waals surface area (Å²) < 4.78 is 6.04. The van der Waals surface area contributed by atoms with Crippen molar-refractivity contribution < 1.29 is 14.6 Å². The summed E-state index contributed by atoms with van der Waals surface area (Å²) in [4.78, 5) is 17.0. The van der Waals surface area contributed by atoms with Gasteiger partial charge in [-0.25, -0.2) is 0 Å². The molecule has 0 radical (unpaired) electrons. The fourth-order valence-electron chi connectivity index (χ4n) is 4.53. The standard InChI is InChI=1S/C30H37N3O3/c1-4-12-31-30(35)24-8-10-27(11-9-24)33-15-13-32(14-16-33)21-23-17-26(20-29(18-23)36-22(2)3)25-6-5-7-28(34)19-25/h5-11,17-20,22,34H,4,12-16,21H2,1-3H3,(H,31,35). The van der Waals surface area contributed by atoms with Gasteiger partial charge in [0.15, 0.2) is 0 Å². The molecule has 0 unspecified atom stereocenters. The molecule has 36 heavy (non-hydrogen) atoms. The van der Waals surface area contributed by atoms with Gasteiger partial charge in [0.1, 0.15) is 11.5 Å². The van der Waals surface area contributed by atoms with Gasteiger partial charge in [-0.15, -0.1) is 0 Å². The molecule has 0 bridgehead atoms. The van der Waals surface area contributed by atoms with Crippen LogP contribution in [0.15, 0.2) is 66.7 Å². The molecule has 0 spiro atoms. The molecule has 6 nitrogen and oxygen atoms in total. The molecule has 1 aliphatic rings. The van der Waals surface area contributed by atoms with Crippen molar-refractivity contribution in [2.45, 2.75) is 39.8 Å². The Bertz CT molecular complexity index is 1150. The number of hydrogen-bond acceptors (Lipinski definition) is 5. The van der Waals surface area contributed by atoms with Gasteiger partial charge < -0.3 is 20.1 Å². The Morgan fingerprint density at radius 3 is 2.39 bits per heavy atom. The number of piperazine rings is 1. The fourth-order valence-corrected chi connectivity index (χ4v) is 4.53. The van der Waals surface area contributed by atoms with Crippen LogP contribution in [0.1, 0.15) is 43.1 Å². The molecule has 6 heteroatoms. The van der Waals surface area contributed by atoms with Crippen LogP contribution in [0.4, 0.5) is 5.69 Å². The molecule has 1 saturated heterocycles. The number of rotatable bonds is 9. The van der Waals surface area contributed by atoms with Crippen molar-refractivity contribution in [2.24, 2.45) is 0 Å². The zero-order chi connectivity index (χ0) is 25.5. The highest BCUT2D eigenvalue weighted by atomic mass is 16.5. The second-order valence-corrected chi connectivity index (χ2v) is 9.65. The maximum Gasteiger partial charge on any atom is 0.251 e. The van der Waals surface area contributed by atoms with E-state index in [4.69, 9.17) is 4.74 Å². The van der Waals surface area contributed by atoms with Crippen molar-refractivity contribution in [3.05, 3.63) is 77.9 Å². The number of hydrogen-bond donors (Lipinski definition) is 2. The lowest BCUT2D eigenvalue weighted by Crippen LogP contribution is -2.46. The summed E-state index contributed by atoms with van der Waals surface area (Å²) in [6, 6.07) is 21.6. The molecule has 0 atom stereocenters. The van der Waals surface area contributed by atoms with Crippen LogP contribution in [0.2, 0.25) is 0 Å². The number of phenols is 1. The van der Waals surface area contributed by atoms with Crippen LogP contribution in [-0.4, -0.2) is 54.7 Å². The molecule has 3 aromatic rings. The quantitative estimate of drug-likeness (QED) is 0.428. The molecule has 0 saturated carbocycles. The normalized spacial score (nSPS) is 14.2. The third-order valence-corrected chi connectivity index (χ3v) is 6.33. The molecule has 4 rings (SSSR count). The SMILES string of the molecule is CCCNC(=O)c1ccc(N2CCN(Cc3cc(OC(C)C)cc(-c4cccc(O)c4)c3)CC2)cc1. The summed E-state index contributed by atoms with van der Waals surface area (Å²) >= 11 is 0. The molecule has 1 fully saturated rings. The lowest BCUT2D eigenvalue weighted by molar-refractivity contribution is 0.0953. The van der Waals surface area contributed by atoms with Crippen molar-refractivity contribution in [3.8, 4) is 22.6 Å². The van der Waals surface area contributed by atoms with Crippen LogP contribution < -0.4 is 15.0 Å². The Balaban J connectivity index is 1.40. The number of amides is 1. The highest BCUT2D eigenvalue weighted by Gasteiger charge is 2.19. The molecule has 190 valence electrons. The number of carbonyl (C=O) groups excluding carboxylic acids is 1. The predicted molar refractivity (Wildman–Crippen MR) is 146 cm³/mol. The summed E-state index contributed by atoms with van der Waals surface area (Å²) in [5.41, 5.74) is 5.07. The monoisotopic (exact) mass is 487 g/mol. The minimum absolute atomic E-state index is 0.0121. The Morgan fingerprint density at radius 2 is 1.72 bits per heavy atom. The smallest absolute Gasteiger partial charge is 0.251 e. The van der Waals surface area contributed by atoms with Crippen LogP contribution in [0.5, 0.6) is 11.5 Å². The number of nitrogens with one attached hydrogen (secondary N) is 1. The van der Waals surface area contributed by atoms with E-state index in [2.05, 4.69) is 27.2 Å². The molecule has 0 aliphatic carbocycles. The zero-order valence-corrected chi connectivity index (χ0v) is 21.5. The lowest BCUT2D eigenvalue weighted by Gasteiger charge is -2.36. The van der Waals surface area contributed by atoms with Crippen molar-refractivity contribution in [1.82, 2.24) is 10.2 Å². The number of phenolic OH excluding ortho intramolecular Hbond substituents is 1. The van der Waals surface area contributed by atoms with Gasteiger partial charge in [-0.3, -0.25) is 9.69 Å². The van der Waals surface area contributed by atoms with E-state index < -0.39 is 0 Å². The third-order valence-electron chi connectivity index (χ3n) is 6.33. The zero-order valence-electron chi connectivity index (χ0n) is 21.5. The van der Waals surface area contributed by atoms with Gasteiger partial charge in [0, 0.05) is 50.5 Å². The van der Waals surface area contributed by atoms with Crippen LogP contribution in [0.25, 0.3) is 11.1 Å². The van der Waals surface area contributed by atoms with Gasteiger partial charge in [0.05, 0.1) is 6.10 Å². The molecular weight excluding hydrogens is 450 g/mol. The van der Waals surface area contributed by atoms with E-state index in [1.54, 1.807) is 12.1 Å². The van der Waals surface area contributed by atoms with Crippen LogP contribution in [0.3, 0.4) is 0 Å². The van der Waals surface area contributed by atoms with E-state index in [1.807, 2.05) is 63.2 Å². The first kappa shape index (κ1) is 25.6. The van der Waals surface area contributed by atoms with Gasteiger partial charge in [0.2, 0.25) is 0 Å². The highest BCUT2D eigenvalue weighted by molar-refractivity contribution is 5.94.